The highest BCUT2D eigenvalue weighted by Crippen LogP contribution is 2.30. The molecule has 1 N–H and O–H groups in total. The van der Waals surface area contributed by atoms with Crippen LogP contribution in [0.25, 0.3) is 11.1 Å². The number of amides is 1. The normalized spacial score (nSPS) is 11.5. The molecule has 3 aromatic carbocycles. The fraction of sp³-hybridized carbons (Fsp3) is 0.231. The Hall–Kier alpha value is -4.20. The number of esters is 1. The van der Waals surface area contributed by atoms with Crippen LogP contribution in [0.5, 0.6) is 5.75 Å². The highest BCUT2D eigenvalue weighted by atomic mass is 16.6. The van der Waals surface area contributed by atoms with Gasteiger partial charge in [0, 0.05) is 11.6 Å². The molecule has 0 aliphatic heterocycles. The second-order valence-corrected chi connectivity index (χ2v) is 7.83. The van der Waals surface area contributed by atoms with Crippen molar-refractivity contribution in [3.63, 3.8) is 0 Å². The van der Waals surface area contributed by atoms with E-state index in [9.17, 15) is 19.7 Å². The number of hydrogen-bond acceptors (Lipinski definition) is 6. The first kappa shape index (κ1) is 24.4. The maximum atomic E-state index is 12.8. The van der Waals surface area contributed by atoms with Gasteiger partial charge in [-0.1, -0.05) is 66.7 Å². The van der Waals surface area contributed by atoms with E-state index in [1.165, 1.54) is 18.2 Å². The summed E-state index contributed by atoms with van der Waals surface area (Å²) in [7, 11) is 0. The summed E-state index contributed by atoms with van der Waals surface area (Å²) in [5.74, 6) is -0.581. The van der Waals surface area contributed by atoms with Gasteiger partial charge in [0.15, 0.2) is 6.61 Å². The van der Waals surface area contributed by atoms with Crippen molar-refractivity contribution >= 4 is 17.6 Å². The number of carbonyl (C=O) groups excluding carboxylic acids is 2. The molecule has 8 heteroatoms. The summed E-state index contributed by atoms with van der Waals surface area (Å²) in [6.45, 7) is 3.07. The van der Waals surface area contributed by atoms with E-state index < -0.39 is 22.8 Å². The predicted octanol–water partition coefficient (Wildman–Crippen LogP) is 4.84. The second kappa shape index (κ2) is 11.6. The second-order valence-electron chi connectivity index (χ2n) is 7.83. The topological polar surface area (TPSA) is 108 Å². The maximum Gasteiger partial charge on any atom is 0.308 e. The standard InChI is InChI=1S/C26H26N2O6/c1-18(2)34-26(30)16-22(21-13-6-8-14-23(21)28(31)32)27-25(29)17-33-24-15-9-7-12-20(24)19-10-4-3-5-11-19/h3-15,18,22H,16-17H2,1-2H3,(H,27,29). The van der Waals surface area contributed by atoms with Gasteiger partial charge in [0.25, 0.3) is 11.6 Å². The van der Waals surface area contributed by atoms with Crippen molar-refractivity contribution in [1.82, 2.24) is 5.32 Å². The van der Waals surface area contributed by atoms with Crippen LogP contribution in [0, 0.1) is 10.1 Å². The first-order valence-corrected chi connectivity index (χ1v) is 10.8. The van der Waals surface area contributed by atoms with E-state index in [0.717, 1.165) is 11.1 Å². The molecule has 0 saturated heterocycles. The van der Waals surface area contributed by atoms with Crippen LogP contribution in [0.1, 0.15) is 31.9 Å². The summed E-state index contributed by atoms with van der Waals surface area (Å²) in [6.07, 6.45) is -0.609. The first-order chi connectivity index (χ1) is 16.3. The lowest BCUT2D eigenvalue weighted by molar-refractivity contribution is -0.385. The number of benzene rings is 3. The smallest absolute Gasteiger partial charge is 0.308 e. The average Bonchev–Trinajstić information content (AvgIpc) is 2.82. The van der Waals surface area contributed by atoms with Crippen LogP contribution >= 0.6 is 0 Å². The van der Waals surface area contributed by atoms with E-state index in [4.69, 9.17) is 9.47 Å². The number of nitrogens with one attached hydrogen (secondary N) is 1. The predicted molar refractivity (Wildman–Crippen MR) is 127 cm³/mol. The molecule has 1 amide bonds. The third-order valence-corrected chi connectivity index (χ3v) is 4.91. The molecule has 0 aliphatic carbocycles. The van der Waals surface area contributed by atoms with Crippen LogP contribution in [0.2, 0.25) is 0 Å². The van der Waals surface area contributed by atoms with Gasteiger partial charge in [0.1, 0.15) is 5.75 Å². The van der Waals surface area contributed by atoms with E-state index in [0.29, 0.717) is 5.75 Å². The van der Waals surface area contributed by atoms with Gasteiger partial charge >= 0.3 is 5.97 Å². The number of rotatable bonds is 10. The molecule has 0 saturated carbocycles. The molecule has 34 heavy (non-hydrogen) atoms. The van der Waals surface area contributed by atoms with Gasteiger partial charge in [-0.2, -0.15) is 0 Å². The van der Waals surface area contributed by atoms with Crippen LogP contribution in [-0.4, -0.2) is 29.5 Å². The lowest BCUT2D eigenvalue weighted by atomic mass is 10.0. The van der Waals surface area contributed by atoms with Crippen molar-refractivity contribution in [1.29, 1.82) is 0 Å². The largest absolute Gasteiger partial charge is 0.483 e. The monoisotopic (exact) mass is 462 g/mol. The third-order valence-electron chi connectivity index (χ3n) is 4.91. The highest BCUT2D eigenvalue weighted by Gasteiger charge is 2.26. The van der Waals surface area contributed by atoms with Crippen LogP contribution < -0.4 is 10.1 Å². The fourth-order valence-electron chi connectivity index (χ4n) is 3.49. The Bertz CT molecular complexity index is 1150. The minimum atomic E-state index is -0.951. The maximum absolute atomic E-state index is 12.8. The summed E-state index contributed by atoms with van der Waals surface area (Å²) >= 11 is 0. The Morgan fingerprint density at radius 3 is 2.29 bits per heavy atom. The van der Waals surface area contributed by atoms with Crippen LogP contribution in [0.15, 0.2) is 78.9 Å². The number of para-hydroxylation sites is 2. The Balaban J connectivity index is 1.77. The van der Waals surface area contributed by atoms with Crippen molar-refractivity contribution in [2.24, 2.45) is 0 Å². The number of nitro groups is 1. The average molecular weight is 463 g/mol. The van der Waals surface area contributed by atoms with Gasteiger partial charge in [-0.15, -0.1) is 0 Å². The van der Waals surface area contributed by atoms with Crippen molar-refractivity contribution in [3.8, 4) is 16.9 Å². The first-order valence-electron chi connectivity index (χ1n) is 10.8. The molecule has 0 fully saturated rings. The summed E-state index contributed by atoms with van der Waals surface area (Å²) in [5.41, 5.74) is 1.78. The molecule has 0 heterocycles. The number of ether oxygens (including phenoxy) is 2. The molecular weight excluding hydrogens is 436 g/mol. The minimum Gasteiger partial charge on any atom is -0.483 e. The minimum absolute atomic E-state index is 0.194. The number of carbonyl (C=O) groups is 2. The van der Waals surface area contributed by atoms with Gasteiger partial charge in [0.05, 0.1) is 29.1 Å². The van der Waals surface area contributed by atoms with Crippen LogP contribution in [-0.2, 0) is 14.3 Å². The quantitative estimate of drug-likeness (QED) is 0.262. The van der Waals surface area contributed by atoms with Crippen molar-refractivity contribution in [2.75, 3.05) is 6.61 Å². The van der Waals surface area contributed by atoms with Gasteiger partial charge in [0.2, 0.25) is 0 Å². The fourth-order valence-corrected chi connectivity index (χ4v) is 3.49. The summed E-state index contributed by atoms with van der Waals surface area (Å²) in [4.78, 5) is 36.0. The Morgan fingerprint density at radius 2 is 1.59 bits per heavy atom. The van der Waals surface area contributed by atoms with Gasteiger partial charge in [-0.25, -0.2) is 0 Å². The van der Waals surface area contributed by atoms with Crippen molar-refractivity contribution in [3.05, 3.63) is 94.5 Å². The molecule has 3 rings (SSSR count). The molecule has 1 atom stereocenters. The SMILES string of the molecule is CC(C)OC(=O)CC(NC(=O)COc1ccccc1-c1ccccc1)c1ccccc1[N+](=O)[O-]. The Labute approximate surface area is 197 Å². The zero-order chi connectivity index (χ0) is 24.5. The number of nitro benzene ring substituents is 1. The molecule has 0 bridgehead atoms. The van der Waals surface area contributed by atoms with Crippen LogP contribution in [0.4, 0.5) is 5.69 Å². The van der Waals surface area contributed by atoms with Gasteiger partial charge < -0.3 is 14.8 Å². The van der Waals surface area contributed by atoms with E-state index in [1.54, 1.807) is 32.0 Å². The third kappa shape index (κ3) is 6.65. The molecule has 0 aromatic heterocycles. The van der Waals surface area contributed by atoms with Crippen LogP contribution in [0.3, 0.4) is 0 Å². The highest BCUT2D eigenvalue weighted by molar-refractivity contribution is 5.80. The molecule has 0 spiro atoms. The summed E-state index contributed by atoms with van der Waals surface area (Å²) in [5, 5.41) is 14.2. The van der Waals surface area contributed by atoms with E-state index in [-0.39, 0.29) is 30.4 Å². The number of hydrogen-bond donors (Lipinski definition) is 1. The summed E-state index contributed by atoms with van der Waals surface area (Å²) < 4.78 is 11.0. The van der Waals surface area contributed by atoms with Gasteiger partial charge in [-0.05, 0) is 25.5 Å². The lowest BCUT2D eigenvalue weighted by Crippen LogP contribution is -2.34. The van der Waals surface area contributed by atoms with E-state index in [2.05, 4.69) is 5.32 Å². The lowest BCUT2D eigenvalue weighted by Gasteiger charge is -2.20. The number of nitrogens with zero attached hydrogens (tertiary/aromatic N) is 1. The van der Waals surface area contributed by atoms with Crippen molar-refractivity contribution < 1.29 is 24.0 Å². The van der Waals surface area contributed by atoms with Gasteiger partial charge in [-0.3, -0.25) is 19.7 Å². The summed E-state index contributed by atoms with van der Waals surface area (Å²) in [6, 6.07) is 22.0. The zero-order valence-corrected chi connectivity index (χ0v) is 19.0. The molecule has 1 unspecified atom stereocenters. The molecule has 0 radical (unpaired) electrons. The molecule has 8 nitrogen and oxygen atoms in total. The zero-order valence-electron chi connectivity index (χ0n) is 19.0. The molecule has 176 valence electrons. The molecule has 0 aliphatic rings. The van der Waals surface area contributed by atoms with E-state index in [1.807, 2.05) is 42.5 Å². The molecule has 3 aromatic rings. The molecular formula is C26H26N2O6. The Morgan fingerprint density at radius 1 is 0.941 bits per heavy atom. The van der Waals surface area contributed by atoms with Crippen molar-refractivity contribution in [2.45, 2.75) is 32.4 Å². The van der Waals surface area contributed by atoms with E-state index >= 15 is 0 Å². The Kier molecular flexibility index (Phi) is 8.34.